The Labute approximate surface area is 362 Å². The maximum absolute atomic E-state index is 6.60. The maximum atomic E-state index is 6.60. The van der Waals surface area contributed by atoms with E-state index in [0.717, 1.165) is 87.6 Å². The van der Waals surface area contributed by atoms with E-state index in [0.29, 0.717) is 22.9 Å². The molecule has 3 fully saturated rings. The van der Waals surface area contributed by atoms with Crippen LogP contribution in [0.4, 0.5) is 0 Å². The highest BCUT2D eigenvalue weighted by molar-refractivity contribution is 5.25. The first-order valence-electron chi connectivity index (χ1n) is 25.9. The zero-order chi connectivity index (χ0) is 41.6. The van der Waals surface area contributed by atoms with Gasteiger partial charge in [-0.1, -0.05) is 149 Å². The van der Waals surface area contributed by atoms with Gasteiger partial charge in [0, 0.05) is 19.8 Å². The van der Waals surface area contributed by atoms with Crippen molar-refractivity contribution in [2.75, 3.05) is 26.4 Å². The van der Waals surface area contributed by atoms with Crippen LogP contribution in [0.15, 0.2) is 36.0 Å². The maximum Gasteiger partial charge on any atom is 0.0810 e. The van der Waals surface area contributed by atoms with Gasteiger partial charge in [0.05, 0.1) is 18.8 Å². The van der Waals surface area contributed by atoms with Gasteiger partial charge < -0.3 is 14.2 Å². The van der Waals surface area contributed by atoms with Gasteiger partial charge >= 0.3 is 0 Å². The van der Waals surface area contributed by atoms with Gasteiger partial charge in [-0.25, -0.2) is 0 Å². The van der Waals surface area contributed by atoms with E-state index < -0.39 is 0 Å². The second kappa shape index (κ2) is 27.2. The van der Waals surface area contributed by atoms with Crippen LogP contribution in [-0.2, 0) is 14.2 Å². The van der Waals surface area contributed by atoms with Crippen LogP contribution in [0.1, 0.15) is 222 Å². The van der Waals surface area contributed by atoms with Crippen LogP contribution in [0.25, 0.3) is 0 Å². The highest BCUT2D eigenvalue weighted by Gasteiger charge is 2.59. The third kappa shape index (κ3) is 16.1. The Balaban J connectivity index is 1.04. The summed E-state index contributed by atoms with van der Waals surface area (Å²) in [4.78, 5) is 0. The third-order valence-electron chi connectivity index (χ3n) is 16.0. The van der Waals surface area contributed by atoms with Crippen LogP contribution >= 0.6 is 0 Å². The molecule has 0 radical (unpaired) electrons. The third-order valence-corrected chi connectivity index (χ3v) is 16.0. The van der Waals surface area contributed by atoms with E-state index in [1.165, 1.54) is 141 Å². The quantitative estimate of drug-likeness (QED) is 0.0516. The van der Waals surface area contributed by atoms with Crippen LogP contribution in [0.3, 0.4) is 0 Å². The summed E-state index contributed by atoms with van der Waals surface area (Å²) >= 11 is 0. The van der Waals surface area contributed by atoms with Crippen LogP contribution in [0.5, 0.6) is 0 Å². The fourth-order valence-electron chi connectivity index (χ4n) is 12.6. The molecule has 0 aromatic heterocycles. The number of allylic oxidation sites excluding steroid dienone is 5. The fraction of sp³-hybridized carbons (Fsp3) is 0.891. The lowest BCUT2D eigenvalue weighted by Gasteiger charge is -2.58. The lowest BCUT2D eigenvalue weighted by molar-refractivity contribution is -0.0648. The predicted molar refractivity (Wildman–Crippen MR) is 251 cm³/mol. The molecule has 0 heterocycles. The van der Waals surface area contributed by atoms with E-state index in [1.807, 2.05) is 0 Å². The molecule has 0 saturated heterocycles. The molecular weight excluding hydrogens is 709 g/mol. The van der Waals surface area contributed by atoms with Crippen molar-refractivity contribution in [2.24, 2.45) is 52.3 Å². The second-order valence-corrected chi connectivity index (χ2v) is 21.5. The zero-order valence-electron chi connectivity index (χ0n) is 40.0. The van der Waals surface area contributed by atoms with Crippen LogP contribution in [0, 0.1) is 52.3 Å². The number of ether oxygens (including phenoxy) is 3. The summed E-state index contributed by atoms with van der Waals surface area (Å²) in [6.45, 7) is 23.0. The molecule has 58 heavy (non-hydrogen) atoms. The van der Waals surface area contributed by atoms with Crippen molar-refractivity contribution in [2.45, 2.75) is 235 Å². The first kappa shape index (κ1) is 49.8. The summed E-state index contributed by atoms with van der Waals surface area (Å²) in [7, 11) is 0. The van der Waals surface area contributed by atoms with Crippen molar-refractivity contribution in [1.82, 2.24) is 0 Å². The van der Waals surface area contributed by atoms with E-state index in [9.17, 15) is 0 Å². The average molecular weight is 807 g/mol. The van der Waals surface area contributed by atoms with Crippen LogP contribution < -0.4 is 0 Å². The molecule has 3 heteroatoms. The van der Waals surface area contributed by atoms with E-state index in [4.69, 9.17) is 14.2 Å². The van der Waals surface area contributed by atoms with Crippen molar-refractivity contribution in [3.8, 4) is 0 Å². The van der Waals surface area contributed by atoms with E-state index >= 15 is 0 Å². The van der Waals surface area contributed by atoms with Crippen molar-refractivity contribution in [1.29, 1.82) is 0 Å². The largest absolute Gasteiger partial charge is 0.379 e. The normalized spacial score (nSPS) is 29.6. The summed E-state index contributed by atoms with van der Waals surface area (Å²) in [6, 6.07) is 0. The molecular formula is C55H98O3. The Bertz CT molecular complexity index is 1170. The topological polar surface area (TPSA) is 27.7 Å². The molecule has 4 rings (SSSR count). The number of hydrogen-bond donors (Lipinski definition) is 0. The summed E-state index contributed by atoms with van der Waals surface area (Å²) in [5, 5.41) is 0. The van der Waals surface area contributed by atoms with Crippen molar-refractivity contribution in [3.63, 3.8) is 0 Å². The molecule has 0 bridgehead atoms. The molecule has 0 aromatic carbocycles. The lowest BCUT2D eigenvalue weighted by Crippen LogP contribution is -2.51. The van der Waals surface area contributed by atoms with Gasteiger partial charge in [0.15, 0.2) is 0 Å². The van der Waals surface area contributed by atoms with Crippen LogP contribution in [0.2, 0.25) is 0 Å². The molecule has 9 unspecified atom stereocenters. The highest BCUT2D eigenvalue weighted by atomic mass is 16.5. The standard InChI is InChI=1S/C55H98O3/c1-9-10-11-12-13-14-15-16-17-18-19-20-21-22-23-24-38-56-43-49(41-45(4)5)58-40-26-25-39-57-48-34-36-54(7)47(42-48)30-31-50-52-33-32-51(46(6)29-27-28-44(2)3)55(52,8)37-35-53(50)54/h13-14,16-17,30,44-46,48-53H,9-12,15,18-29,31-43H2,1-8H3. The van der Waals surface area contributed by atoms with Crippen molar-refractivity contribution < 1.29 is 14.2 Å². The minimum absolute atomic E-state index is 0.217. The monoisotopic (exact) mass is 807 g/mol. The number of hydrogen-bond acceptors (Lipinski definition) is 3. The predicted octanol–water partition coefficient (Wildman–Crippen LogP) is 16.5. The van der Waals surface area contributed by atoms with Gasteiger partial charge in [-0.3, -0.25) is 0 Å². The van der Waals surface area contributed by atoms with Crippen molar-refractivity contribution >= 4 is 0 Å². The summed E-state index contributed by atoms with van der Waals surface area (Å²) in [5.74, 6) is 6.07. The first-order valence-corrected chi connectivity index (χ1v) is 25.9. The summed E-state index contributed by atoms with van der Waals surface area (Å²) in [6.07, 6.45) is 46.7. The molecule has 9 atom stereocenters. The molecule has 3 nitrogen and oxygen atoms in total. The van der Waals surface area contributed by atoms with Gasteiger partial charge in [-0.05, 0) is 161 Å². The minimum Gasteiger partial charge on any atom is -0.379 e. The van der Waals surface area contributed by atoms with Gasteiger partial charge in [-0.2, -0.15) is 0 Å². The summed E-state index contributed by atoms with van der Waals surface area (Å²) < 4.78 is 19.1. The smallest absolute Gasteiger partial charge is 0.0810 e. The molecule has 0 spiro atoms. The van der Waals surface area contributed by atoms with Gasteiger partial charge in [0.2, 0.25) is 0 Å². The minimum atomic E-state index is 0.217. The van der Waals surface area contributed by atoms with Crippen LogP contribution in [-0.4, -0.2) is 38.6 Å². The Morgan fingerprint density at radius 3 is 2.14 bits per heavy atom. The molecule has 0 aliphatic heterocycles. The lowest BCUT2D eigenvalue weighted by atomic mass is 9.47. The molecule has 3 saturated carbocycles. The van der Waals surface area contributed by atoms with Gasteiger partial charge in [0.1, 0.15) is 0 Å². The molecule has 4 aliphatic carbocycles. The Kier molecular flexibility index (Phi) is 23.4. The fourth-order valence-corrected chi connectivity index (χ4v) is 12.6. The summed E-state index contributed by atoms with van der Waals surface area (Å²) in [5.41, 5.74) is 2.75. The average Bonchev–Trinajstić information content (AvgIpc) is 3.55. The number of fused-ring (bicyclic) bond motifs is 5. The SMILES string of the molecule is CCCCCC=CCC=CCCCCCCCCOCC(CC(C)C)OCCCCOC1CCC2(C)C(=CCC3C2CCC2(C)C(C(C)CCCC(C)C)CCC32)C1. The molecule has 0 N–H and O–H groups in total. The highest BCUT2D eigenvalue weighted by Crippen LogP contribution is 2.67. The van der Waals surface area contributed by atoms with Crippen molar-refractivity contribution in [3.05, 3.63) is 36.0 Å². The Hall–Kier alpha value is -0.900. The molecule has 4 aliphatic rings. The van der Waals surface area contributed by atoms with E-state index in [-0.39, 0.29) is 6.10 Å². The molecule has 336 valence electrons. The second-order valence-electron chi connectivity index (χ2n) is 21.5. The number of unbranched alkanes of at least 4 members (excludes halogenated alkanes) is 10. The van der Waals surface area contributed by atoms with Gasteiger partial charge in [0.25, 0.3) is 0 Å². The molecule has 0 amide bonds. The molecule has 0 aromatic rings. The van der Waals surface area contributed by atoms with Gasteiger partial charge in [-0.15, -0.1) is 0 Å². The Morgan fingerprint density at radius 1 is 0.690 bits per heavy atom. The Morgan fingerprint density at radius 2 is 1.40 bits per heavy atom. The van der Waals surface area contributed by atoms with E-state index in [2.05, 4.69) is 85.8 Å². The first-order chi connectivity index (χ1) is 28.1. The van der Waals surface area contributed by atoms with E-state index in [1.54, 1.807) is 5.57 Å². The number of rotatable bonds is 31. The zero-order valence-corrected chi connectivity index (χ0v) is 40.0.